The summed E-state index contributed by atoms with van der Waals surface area (Å²) in [6.07, 6.45) is 3.43. The van der Waals surface area contributed by atoms with E-state index in [9.17, 15) is 19.5 Å². The van der Waals surface area contributed by atoms with Crippen molar-refractivity contribution in [3.8, 4) is 11.1 Å². The van der Waals surface area contributed by atoms with Crippen molar-refractivity contribution < 1.29 is 24.2 Å². The van der Waals surface area contributed by atoms with Crippen LogP contribution >= 0.6 is 0 Å². The number of fused-ring (bicyclic) bond motifs is 5. The summed E-state index contributed by atoms with van der Waals surface area (Å²) >= 11 is 0. The Morgan fingerprint density at radius 2 is 1.66 bits per heavy atom. The number of nitrogens with one attached hydrogen (secondary N) is 1. The second-order valence-corrected chi connectivity index (χ2v) is 9.99. The van der Waals surface area contributed by atoms with Crippen LogP contribution in [0.5, 0.6) is 0 Å². The largest absolute Gasteiger partial charge is 0.479 e. The van der Waals surface area contributed by atoms with Crippen LogP contribution in [0.25, 0.3) is 11.1 Å². The molecule has 184 valence electrons. The van der Waals surface area contributed by atoms with Gasteiger partial charge in [-0.2, -0.15) is 0 Å². The van der Waals surface area contributed by atoms with Crippen LogP contribution in [0.15, 0.2) is 48.5 Å². The average Bonchev–Trinajstić information content (AvgIpc) is 3.52. The van der Waals surface area contributed by atoms with E-state index in [1.807, 2.05) is 31.2 Å². The normalized spacial score (nSPS) is 23.0. The number of nitrogens with zero attached hydrogens (tertiary/aromatic N) is 1. The van der Waals surface area contributed by atoms with E-state index >= 15 is 0 Å². The third-order valence-electron chi connectivity index (χ3n) is 8.00. The molecule has 3 aliphatic rings. The van der Waals surface area contributed by atoms with Gasteiger partial charge in [-0.1, -0.05) is 61.9 Å². The lowest BCUT2D eigenvalue weighted by Crippen LogP contribution is -2.52. The van der Waals surface area contributed by atoms with Gasteiger partial charge in [-0.25, -0.2) is 9.59 Å². The molecule has 35 heavy (non-hydrogen) atoms. The first-order valence-electron chi connectivity index (χ1n) is 12.6. The first-order chi connectivity index (χ1) is 16.9. The fourth-order valence-electron chi connectivity index (χ4n) is 6.38. The SMILES string of the molecule is CCC[C@H](CC(=O)N1C2CCC1(C(=O)O)CC2)NC(=O)OCC1c2ccccc2-c2ccccc21. The minimum atomic E-state index is -1.07. The summed E-state index contributed by atoms with van der Waals surface area (Å²) in [5.41, 5.74) is 3.55. The maximum absolute atomic E-state index is 13.2. The number of carbonyl (C=O) groups is 3. The van der Waals surface area contributed by atoms with E-state index in [0.717, 1.165) is 30.4 Å². The van der Waals surface area contributed by atoms with Crippen LogP contribution in [0.3, 0.4) is 0 Å². The van der Waals surface area contributed by atoms with E-state index in [4.69, 9.17) is 4.74 Å². The molecule has 0 spiro atoms. The Morgan fingerprint density at radius 3 is 2.23 bits per heavy atom. The molecule has 0 radical (unpaired) electrons. The maximum atomic E-state index is 13.2. The van der Waals surface area contributed by atoms with Crippen molar-refractivity contribution in [3.63, 3.8) is 0 Å². The average molecular weight is 477 g/mol. The van der Waals surface area contributed by atoms with Crippen LogP contribution < -0.4 is 5.32 Å². The van der Waals surface area contributed by atoms with Crippen molar-refractivity contribution in [1.82, 2.24) is 10.2 Å². The molecule has 2 bridgehead atoms. The number of aliphatic carboxylic acids is 1. The molecular formula is C28H32N2O5. The zero-order valence-electron chi connectivity index (χ0n) is 20.0. The van der Waals surface area contributed by atoms with Crippen LogP contribution in [0.1, 0.15) is 68.9 Å². The van der Waals surface area contributed by atoms with Crippen molar-refractivity contribution in [2.75, 3.05) is 6.61 Å². The predicted octanol–water partition coefficient (Wildman–Crippen LogP) is 4.69. The summed E-state index contributed by atoms with van der Waals surface area (Å²) in [6.45, 7) is 2.21. The van der Waals surface area contributed by atoms with Gasteiger partial charge in [-0.05, 0) is 54.4 Å². The number of carbonyl (C=O) groups excluding carboxylic acids is 2. The molecule has 2 aromatic carbocycles. The first-order valence-corrected chi connectivity index (χ1v) is 12.6. The number of rotatable bonds is 8. The molecule has 2 N–H and O–H groups in total. The summed E-state index contributed by atoms with van der Waals surface area (Å²) in [7, 11) is 0. The molecular weight excluding hydrogens is 444 g/mol. The standard InChI is InChI=1S/C28H32N2O5/c1-2-7-18(16-25(31)30-19-12-14-28(30,15-13-19)26(32)33)29-27(34)35-17-24-22-10-5-3-8-20(22)21-9-4-6-11-23(21)24/h3-6,8-11,18-19,24H,2,7,12-17H2,1H3,(H,29,34)(H,32,33)/t18-,19?,28?/m1/s1. The third-order valence-corrected chi connectivity index (χ3v) is 8.00. The second-order valence-electron chi connectivity index (χ2n) is 9.99. The molecule has 5 rings (SSSR count). The number of hydrogen-bond donors (Lipinski definition) is 2. The van der Waals surface area contributed by atoms with Gasteiger partial charge in [0.25, 0.3) is 0 Å². The predicted molar refractivity (Wildman–Crippen MR) is 131 cm³/mol. The minimum Gasteiger partial charge on any atom is -0.479 e. The molecule has 0 aromatic heterocycles. The van der Waals surface area contributed by atoms with Gasteiger partial charge in [0, 0.05) is 24.4 Å². The Morgan fingerprint density at radius 1 is 1.06 bits per heavy atom. The van der Waals surface area contributed by atoms with E-state index in [0.29, 0.717) is 19.3 Å². The molecule has 0 unspecified atom stereocenters. The highest BCUT2D eigenvalue weighted by Crippen LogP contribution is 2.47. The quantitative estimate of drug-likeness (QED) is 0.576. The third kappa shape index (κ3) is 4.07. The Balaban J connectivity index is 1.23. The Labute approximate surface area is 205 Å². The second kappa shape index (κ2) is 9.36. The fraction of sp³-hybridized carbons (Fsp3) is 0.464. The summed E-state index contributed by atoms with van der Waals surface area (Å²) in [4.78, 5) is 39.5. The Hall–Kier alpha value is -3.35. The van der Waals surface area contributed by atoms with E-state index in [2.05, 4.69) is 29.6 Å². The van der Waals surface area contributed by atoms with E-state index in [1.54, 1.807) is 4.90 Å². The molecule has 1 aliphatic carbocycles. The van der Waals surface area contributed by atoms with Gasteiger partial charge in [0.05, 0.1) is 0 Å². The molecule has 2 amide bonds. The van der Waals surface area contributed by atoms with Crippen LogP contribution in [0.4, 0.5) is 4.79 Å². The maximum Gasteiger partial charge on any atom is 0.407 e. The summed E-state index contributed by atoms with van der Waals surface area (Å²) in [5.74, 6) is -1.14. The van der Waals surface area contributed by atoms with Crippen LogP contribution in [0, 0.1) is 0 Å². The number of carboxylic acids is 1. The van der Waals surface area contributed by atoms with Gasteiger partial charge in [0.15, 0.2) is 0 Å². The van der Waals surface area contributed by atoms with Crippen LogP contribution in [-0.4, -0.2) is 52.2 Å². The zero-order chi connectivity index (χ0) is 24.6. The molecule has 2 heterocycles. The highest BCUT2D eigenvalue weighted by atomic mass is 16.5. The number of amides is 2. The molecule has 2 saturated heterocycles. The molecule has 2 aromatic rings. The summed E-state index contributed by atoms with van der Waals surface area (Å²) in [5, 5.41) is 12.7. The molecule has 2 aliphatic heterocycles. The van der Waals surface area contributed by atoms with E-state index in [-0.39, 0.29) is 30.9 Å². The lowest BCUT2D eigenvalue weighted by Gasteiger charge is -2.32. The van der Waals surface area contributed by atoms with Gasteiger partial charge < -0.3 is 20.1 Å². The van der Waals surface area contributed by atoms with Crippen molar-refractivity contribution in [2.24, 2.45) is 0 Å². The first kappa shape index (κ1) is 23.4. The number of ether oxygens (including phenoxy) is 1. The van der Waals surface area contributed by atoms with Crippen molar-refractivity contribution in [1.29, 1.82) is 0 Å². The van der Waals surface area contributed by atoms with Crippen LogP contribution in [-0.2, 0) is 14.3 Å². The summed E-state index contributed by atoms with van der Waals surface area (Å²) < 4.78 is 5.67. The van der Waals surface area contributed by atoms with Gasteiger partial charge >= 0.3 is 12.1 Å². The molecule has 7 heteroatoms. The minimum absolute atomic E-state index is 0.00432. The van der Waals surface area contributed by atoms with Gasteiger partial charge in [-0.15, -0.1) is 0 Å². The fourth-order valence-corrected chi connectivity index (χ4v) is 6.38. The van der Waals surface area contributed by atoms with Crippen molar-refractivity contribution in [2.45, 2.75) is 75.4 Å². The number of carboxylic acid groups (broad SMARTS) is 1. The van der Waals surface area contributed by atoms with E-state index in [1.165, 1.54) is 11.1 Å². The van der Waals surface area contributed by atoms with Crippen molar-refractivity contribution in [3.05, 3.63) is 59.7 Å². The number of hydrogen-bond acceptors (Lipinski definition) is 4. The smallest absolute Gasteiger partial charge is 0.407 e. The number of benzene rings is 2. The topological polar surface area (TPSA) is 95.9 Å². The highest BCUT2D eigenvalue weighted by Gasteiger charge is 2.58. The van der Waals surface area contributed by atoms with Crippen LogP contribution in [0.2, 0.25) is 0 Å². The van der Waals surface area contributed by atoms with Gasteiger partial charge in [0.1, 0.15) is 12.1 Å². The highest BCUT2D eigenvalue weighted by molar-refractivity contribution is 5.89. The lowest BCUT2D eigenvalue weighted by molar-refractivity contribution is -0.155. The Bertz CT molecular complexity index is 1090. The Kier molecular flexibility index (Phi) is 6.26. The van der Waals surface area contributed by atoms with E-state index < -0.39 is 23.6 Å². The molecule has 2 fully saturated rings. The monoisotopic (exact) mass is 476 g/mol. The molecule has 7 nitrogen and oxygen atoms in total. The van der Waals surface area contributed by atoms with Crippen molar-refractivity contribution >= 4 is 18.0 Å². The van der Waals surface area contributed by atoms with Gasteiger partial charge in [0.2, 0.25) is 5.91 Å². The lowest BCUT2D eigenvalue weighted by atomic mass is 9.88. The molecule has 1 atom stereocenters. The van der Waals surface area contributed by atoms with Gasteiger partial charge in [-0.3, -0.25) is 4.79 Å². The zero-order valence-corrected chi connectivity index (χ0v) is 20.0. The molecule has 0 saturated carbocycles. The number of alkyl carbamates (subject to hydrolysis) is 1. The summed E-state index contributed by atoms with van der Waals surface area (Å²) in [6, 6.07) is 15.9.